The lowest BCUT2D eigenvalue weighted by molar-refractivity contribution is 0.0943. The molecule has 1 aromatic rings. The maximum Gasteiger partial charge on any atom is 0.252 e. The monoisotopic (exact) mass is 281 g/mol. The number of nitrogens with one attached hydrogen (secondary N) is 1. The molecule has 0 saturated heterocycles. The first-order valence-electron chi connectivity index (χ1n) is 6.91. The van der Waals surface area contributed by atoms with Crippen LogP contribution in [-0.4, -0.2) is 24.2 Å². The first kappa shape index (κ1) is 14.5. The van der Waals surface area contributed by atoms with Gasteiger partial charge in [0.25, 0.3) is 5.91 Å². The zero-order valence-corrected chi connectivity index (χ0v) is 12.8. The van der Waals surface area contributed by atoms with Crippen LogP contribution < -0.4 is 5.32 Å². The van der Waals surface area contributed by atoms with Crippen molar-refractivity contribution >= 4 is 17.2 Å². The number of hydrogen-bond donors (Lipinski definition) is 2. The number of aliphatic hydroxyl groups excluding tert-OH is 1. The normalized spacial score (nSPS) is 19.1. The summed E-state index contributed by atoms with van der Waals surface area (Å²) in [4.78, 5) is 13.4. The molecule has 2 N–H and O–H groups in total. The fourth-order valence-corrected chi connectivity index (χ4v) is 3.87. The first-order valence-corrected chi connectivity index (χ1v) is 7.79. The predicted molar refractivity (Wildman–Crippen MR) is 78.7 cm³/mol. The second kappa shape index (κ2) is 5.63. The van der Waals surface area contributed by atoms with Gasteiger partial charge >= 0.3 is 0 Å². The first-order chi connectivity index (χ1) is 8.93. The predicted octanol–water partition coefficient (Wildman–Crippen LogP) is 2.62. The third-order valence-electron chi connectivity index (χ3n) is 4.02. The minimum atomic E-state index is -0.0410. The van der Waals surface area contributed by atoms with Gasteiger partial charge in [-0.3, -0.25) is 4.79 Å². The number of rotatable bonds is 3. The second-order valence-electron chi connectivity index (χ2n) is 6.34. The van der Waals surface area contributed by atoms with Gasteiger partial charge in [0.2, 0.25) is 0 Å². The molecule has 19 heavy (non-hydrogen) atoms. The number of fused-ring (bicyclic) bond motifs is 1. The highest BCUT2D eigenvalue weighted by Gasteiger charge is 2.31. The van der Waals surface area contributed by atoms with Gasteiger partial charge in [0, 0.05) is 16.8 Å². The Bertz CT molecular complexity index is 459. The highest BCUT2D eigenvalue weighted by atomic mass is 32.1. The van der Waals surface area contributed by atoms with Gasteiger partial charge in [-0.15, -0.1) is 11.3 Å². The van der Waals surface area contributed by atoms with Crippen molar-refractivity contribution < 1.29 is 9.90 Å². The zero-order valence-electron chi connectivity index (χ0n) is 12.0. The summed E-state index contributed by atoms with van der Waals surface area (Å²) in [5, 5.41) is 13.5. The van der Waals surface area contributed by atoms with Gasteiger partial charge in [0.15, 0.2) is 0 Å². The fraction of sp³-hybridized carbons (Fsp3) is 0.667. The van der Waals surface area contributed by atoms with E-state index in [1.165, 1.54) is 10.4 Å². The lowest BCUT2D eigenvalue weighted by Crippen LogP contribution is -2.29. The van der Waals surface area contributed by atoms with Gasteiger partial charge in [-0.05, 0) is 36.2 Å². The van der Waals surface area contributed by atoms with Gasteiger partial charge in [-0.25, -0.2) is 0 Å². The van der Waals surface area contributed by atoms with Crippen LogP contribution in [0.4, 0.5) is 0 Å². The molecule has 3 nitrogen and oxygen atoms in total. The summed E-state index contributed by atoms with van der Waals surface area (Å²) in [6, 6.07) is 0. The number of hydrogen-bond acceptors (Lipinski definition) is 3. The summed E-state index contributed by atoms with van der Waals surface area (Å²) in [5.41, 5.74) is 2.39. The number of amides is 1. The van der Waals surface area contributed by atoms with E-state index >= 15 is 0 Å². The van der Waals surface area contributed by atoms with Gasteiger partial charge in [-0.1, -0.05) is 20.8 Å². The molecule has 0 spiro atoms. The Morgan fingerprint density at radius 2 is 2.26 bits per heavy atom. The maximum absolute atomic E-state index is 12.0. The van der Waals surface area contributed by atoms with Crippen LogP contribution in [0.2, 0.25) is 0 Å². The summed E-state index contributed by atoms with van der Waals surface area (Å²) in [5.74, 6) is 0.660. The molecule has 0 bridgehead atoms. The summed E-state index contributed by atoms with van der Waals surface area (Å²) in [6.45, 7) is 7.21. The Balaban J connectivity index is 2.13. The highest BCUT2D eigenvalue weighted by molar-refractivity contribution is 7.10. The molecule has 1 unspecified atom stereocenters. The molecule has 106 valence electrons. The minimum absolute atomic E-state index is 0.00976. The highest BCUT2D eigenvalue weighted by Crippen LogP contribution is 2.40. The second-order valence-corrected chi connectivity index (χ2v) is 7.30. The molecule has 1 amide bonds. The minimum Gasteiger partial charge on any atom is -0.395 e. The molecule has 1 heterocycles. The molecule has 0 aliphatic heterocycles. The van der Waals surface area contributed by atoms with Crippen molar-refractivity contribution in [1.29, 1.82) is 0 Å². The quantitative estimate of drug-likeness (QED) is 0.895. The number of carbonyl (C=O) groups is 1. The van der Waals surface area contributed by atoms with Crippen molar-refractivity contribution in [3.05, 3.63) is 21.4 Å². The van der Waals surface area contributed by atoms with Crippen molar-refractivity contribution in [2.75, 3.05) is 13.2 Å². The Morgan fingerprint density at radius 3 is 2.89 bits per heavy atom. The van der Waals surface area contributed by atoms with Gasteiger partial charge < -0.3 is 10.4 Å². The van der Waals surface area contributed by atoms with Crippen LogP contribution in [0.5, 0.6) is 0 Å². The van der Waals surface area contributed by atoms with E-state index in [1.54, 1.807) is 11.3 Å². The van der Waals surface area contributed by atoms with E-state index in [0.29, 0.717) is 17.9 Å². The Kier molecular flexibility index (Phi) is 4.31. The lowest BCUT2D eigenvalue weighted by Gasteiger charge is -2.34. The van der Waals surface area contributed by atoms with Crippen molar-refractivity contribution in [2.24, 2.45) is 11.3 Å². The largest absolute Gasteiger partial charge is 0.395 e. The molecule has 2 rings (SSSR count). The molecular formula is C15H23NO2S. The SMILES string of the molecule is CC(C)(C)C1CCc2c(C(=O)NCCO)csc2C1. The van der Waals surface area contributed by atoms with Crippen molar-refractivity contribution in [3.8, 4) is 0 Å². The third kappa shape index (κ3) is 3.18. The topological polar surface area (TPSA) is 49.3 Å². The number of thiophene rings is 1. The summed E-state index contributed by atoms with van der Waals surface area (Å²) in [7, 11) is 0. The number of aliphatic hydroxyl groups is 1. The average molecular weight is 281 g/mol. The average Bonchev–Trinajstić information content (AvgIpc) is 2.77. The van der Waals surface area contributed by atoms with E-state index in [1.807, 2.05) is 5.38 Å². The third-order valence-corrected chi connectivity index (χ3v) is 5.07. The molecular weight excluding hydrogens is 258 g/mol. The lowest BCUT2D eigenvalue weighted by atomic mass is 9.72. The Labute approximate surface area is 119 Å². The Hall–Kier alpha value is -0.870. The number of carbonyl (C=O) groups excluding carboxylic acids is 1. The standard InChI is InChI=1S/C15H23NO2S/c1-15(2,3)10-4-5-11-12(9-19-13(11)8-10)14(18)16-6-7-17/h9-10,17H,4-8H2,1-3H3,(H,16,18). The maximum atomic E-state index is 12.0. The van der Waals surface area contributed by atoms with E-state index in [-0.39, 0.29) is 12.5 Å². The Morgan fingerprint density at radius 1 is 1.53 bits per heavy atom. The van der Waals surface area contributed by atoms with Crippen molar-refractivity contribution in [2.45, 2.75) is 40.0 Å². The summed E-state index contributed by atoms with van der Waals surface area (Å²) < 4.78 is 0. The van der Waals surface area contributed by atoms with Gasteiger partial charge in [0.1, 0.15) is 0 Å². The van der Waals surface area contributed by atoms with Gasteiger partial charge in [0.05, 0.1) is 12.2 Å². The van der Waals surface area contributed by atoms with E-state index < -0.39 is 0 Å². The molecule has 0 saturated carbocycles. The molecule has 0 fully saturated rings. The van der Waals surface area contributed by atoms with Crippen LogP contribution in [0.3, 0.4) is 0 Å². The molecule has 0 aromatic carbocycles. The van der Waals surface area contributed by atoms with Crippen LogP contribution in [0.1, 0.15) is 48.0 Å². The van der Waals surface area contributed by atoms with Gasteiger partial charge in [-0.2, -0.15) is 0 Å². The molecule has 1 aromatic heterocycles. The fourth-order valence-electron chi connectivity index (χ4n) is 2.71. The summed E-state index contributed by atoms with van der Waals surface area (Å²) in [6.07, 6.45) is 3.26. The van der Waals surface area contributed by atoms with Crippen LogP contribution >= 0.6 is 11.3 Å². The molecule has 0 radical (unpaired) electrons. The van der Waals surface area contributed by atoms with Crippen LogP contribution in [-0.2, 0) is 12.8 Å². The van der Waals surface area contributed by atoms with Crippen LogP contribution in [0.25, 0.3) is 0 Å². The van der Waals surface area contributed by atoms with E-state index in [0.717, 1.165) is 24.8 Å². The van der Waals surface area contributed by atoms with Crippen molar-refractivity contribution in [1.82, 2.24) is 5.32 Å². The zero-order chi connectivity index (χ0) is 14.0. The van der Waals surface area contributed by atoms with Crippen LogP contribution in [0.15, 0.2) is 5.38 Å². The molecule has 1 atom stereocenters. The van der Waals surface area contributed by atoms with Crippen molar-refractivity contribution in [3.63, 3.8) is 0 Å². The molecule has 1 aliphatic rings. The molecule has 1 aliphatic carbocycles. The van der Waals surface area contributed by atoms with E-state index in [2.05, 4.69) is 26.1 Å². The van der Waals surface area contributed by atoms with E-state index in [4.69, 9.17) is 5.11 Å². The smallest absolute Gasteiger partial charge is 0.252 e. The summed E-state index contributed by atoms with van der Waals surface area (Å²) >= 11 is 1.71. The molecule has 4 heteroatoms. The van der Waals surface area contributed by atoms with E-state index in [9.17, 15) is 4.79 Å². The van der Waals surface area contributed by atoms with Crippen LogP contribution in [0, 0.1) is 11.3 Å².